The molecule has 25 heavy (non-hydrogen) atoms. The molecule has 1 N–H and O–H groups in total. The summed E-state index contributed by atoms with van der Waals surface area (Å²) in [6.45, 7) is 0. The molecule has 0 bridgehead atoms. The van der Waals surface area contributed by atoms with Crippen molar-refractivity contribution in [1.82, 2.24) is 9.55 Å². The molecule has 1 aromatic carbocycles. The van der Waals surface area contributed by atoms with Crippen LogP contribution in [0.25, 0.3) is 0 Å². The molecule has 0 unspecified atom stereocenters. The van der Waals surface area contributed by atoms with Gasteiger partial charge in [0.15, 0.2) is 0 Å². The first-order chi connectivity index (χ1) is 12.0. The number of nitro benzene ring substituents is 1. The maximum absolute atomic E-state index is 14.3. The summed E-state index contributed by atoms with van der Waals surface area (Å²) in [6.07, 6.45) is -1.57. The number of rotatable bonds is 5. The molecule has 0 spiro atoms. The Morgan fingerprint density at radius 1 is 1.36 bits per heavy atom. The van der Waals surface area contributed by atoms with Crippen LogP contribution in [-0.4, -0.2) is 41.7 Å². The van der Waals surface area contributed by atoms with E-state index < -0.39 is 34.7 Å². The molecule has 1 aromatic heterocycles. The van der Waals surface area contributed by atoms with Crippen molar-refractivity contribution < 1.29 is 14.1 Å². The number of aromatic amines is 1. The molecular formula is C15H14FN3O5Se. The normalized spacial score (nSPS) is 22.8. The summed E-state index contributed by atoms with van der Waals surface area (Å²) in [7, 11) is 0. The molecule has 8 nitrogen and oxygen atoms in total. The van der Waals surface area contributed by atoms with Crippen molar-refractivity contribution in [3.8, 4) is 0 Å². The topological polar surface area (TPSA) is 107 Å². The van der Waals surface area contributed by atoms with Crippen molar-refractivity contribution in [2.75, 3.05) is 0 Å². The number of nitrogens with zero attached hydrogens (tertiary/aromatic N) is 2. The van der Waals surface area contributed by atoms with E-state index in [2.05, 4.69) is 4.98 Å². The molecule has 2 heterocycles. The van der Waals surface area contributed by atoms with E-state index in [1.807, 2.05) is 0 Å². The van der Waals surface area contributed by atoms with E-state index >= 15 is 0 Å². The number of para-hydroxylation sites is 1. The predicted molar refractivity (Wildman–Crippen MR) is 88.0 cm³/mol. The van der Waals surface area contributed by atoms with Crippen molar-refractivity contribution in [1.29, 1.82) is 0 Å². The van der Waals surface area contributed by atoms with E-state index in [0.29, 0.717) is 9.78 Å². The van der Waals surface area contributed by atoms with Crippen molar-refractivity contribution in [2.45, 2.75) is 30.2 Å². The van der Waals surface area contributed by atoms with Crippen LogP contribution < -0.4 is 15.7 Å². The van der Waals surface area contributed by atoms with Gasteiger partial charge in [0.25, 0.3) is 0 Å². The van der Waals surface area contributed by atoms with E-state index in [-0.39, 0.29) is 27.1 Å². The number of benzene rings is 1. The number of hydrogen-bond acceptors (Lipinski definition) is 5. The number of hydrogen-bond donors (Lipinski definition) is 1. The van der Waals surface area contributed by atoms with E-state index in [4.69, 9.17) is 4.74 Å². The number of alkyl halides is 1. The van der Waals surface area contributed by atoms with Crippen molar-refractivity contribution in [3.63, 3.8) is 0 Å². The Hall–Kier alpha value is -2.29. The number of aromatic nitrogens is 2. The molecule has 0 aliphatic carbocycles. The number of halogens is 1. The standard InChI is InChI=1S/C15H14FN3O5Se/c16-9-7-14(18-6-5-13(20)17-15(18)21)24-11(9)8-25-12-4-2-1-3-10(12)19(22)23/h1-6,9,11,14H,7-8H2,(H,17,20,21)/t9-,11+,14+/m0/s1. The third-order valence-corrected chi connectivity index (χ3v) is 6.20. The van der Waals surface area contributed by atoms with Crippen molar-refractivity contribution in [2.24, 2.45) is 0 Å². The Morgan fingerprint density at radius 3 is 2.84 bits per heavy atom. The van der Waals surface area contributed by atoms with Crippen LogP contribution in [0.4, 0.5) is 10.1 Å². The van der Waals surface area contributed by atoms with Crippen LogP contribution in [0.5, 0.6) is 0 Å². The molecule has 1 saturated heterocycles. The van der Waals surface area contributed by atoms with Gasteiger partial charge < -0.3 is 0 Å². The first-order valence-corrected chi connectivity index (χ1v) is 9.49. The van der Waals surface area contributed by atoms with Gasteiger partial charge in [0.05, 0.1) is 0 Å². The minimum atomic E-state index is -1.28. The Bertz CT molecular complexity index is 899. The molecule has 0 amide bonds. The summed E-state index contributed by atoms with van der Waals surface area (Å²) in [5.74, 6) is 0. The third-order valence-electron chi connectivity index (χ3n) is 3.79. The summed E-state index contributed by atoms with van der Waals surface area (Å²) >= 11 is -0.344. The molecule has 1 aliphatic heterocycles. The monoisotopic (exact) mass is 415 g/mol. The molecule has 1 fully saturated rings. The van der Waals surface area contributed by atoms with Gasteiger partial charge in [-0.25, -0.2) is 0 Å². The number of nitro groups is 1. The zero-order valence-electron chi connectivity index (χ0n) is 12.8. The molecule has 2 aromatic rings. The fourth-order valence-electron chi connectivity index (χ4n) is 2.57. The fourth-order valence-corrected chi connectivity index (χ4v) is 4.87. The first kappa shape index (κ1) is 17.5. The van der Waals surface area contributed by atoms with Crippen molar-refractivity contribution >= 4 is 25.1 Å². The third kappa shape index (κ3) is 3.87. The number of nitrogens with one attached hydrogen (secondary N) is 1. The molecule has 0 saturated carbocycles. The predicted octanol–water partition coefficient (Wildman–Crippen LogP) is 0.518. The number of ether oxygens (including phenoxy) is 1. The second kappa shape index (κ2) is 7.30. The van der Waals surface area contributed by atoms with Gasteiger partial charge in [-0.3, -0.25) is 0 Å². The molecule has 0 radical (unpaired) electrons. The average Bonchev–Trinajstić information content (AvgIpc) is 2.93. The second-order valence-electron chi connectivity index (χ2n) is 5.43. The van der Waals surface area contributed by atoms with E-state index in [9.17, 15) is 24.1 Å². The van der Waals surface area contributed by atoms with Gasteiger partial charge in [0.1, 0.15) is 0 Å². The second-order valence-corrected chi connectivity index (χ2v) is 7.66. The number of H-pyrrole nitrogens is 1. The van der Waals surface area contributed by atoms with Gasteiger partial charge in [0, 0.05) is 0 Å². The van der Waals surface area contributed by atoms with Gasteiger partial charge in [0.2, 0.25) is 0 Å². The van der Waals surface area contributed by atoms with Crippen LogP contribution in [0.3, 0.4) is 0 Å². The molecule has 1 aliphatic rings. The zero-order valence-corrected chi connectivity index (χ0v) is 14.5. The van der Waals surface area contributed by atoms with E-state index in [1.54, 1.807) is 18.2 Å². The van der Waals surface area contributed by atoms with Crippen LogP contribution in [0.15, 0.2) is 46.1 Å². The average molecular weight is 414 g/mol. The van der Waals surface area contributed by atoms with Crippen LogP contribution in [0.2, 0.25) is 5.32 Å². The molecular weight excluding hydrogens is 400 g/mol. The Labute approximate surface area is 146 Å². The van der Waals surface area contributed by atoms with Crippen LogP contribution in [-0.2, 0) is 4.74 Å². The zero-order chi connectivity index (χ0) is 18.0. The van der Waals surface area contributed by atoms with E-state index in [1.165, 1.54) is 18.3 Å². The Kier molecular flexibility index (Phi) is 5.12. The molecule has 10 heteroatoms. The summed E-state index contributed by atoms with van der Waals surface area (Å²) in [5, 5.41) is 11.3. The van der Waals surface area contributed by atoms with Gasteiger partial charge in [-0.05, 0) is 0 Å². The summed E-state index contributed by atoms with van der Waals surface area (Å²) in [4.78, 5) is 35.5. The molecule has 132 valence electrons. The van der Waals surface area contributed by atoms with E-state index in [0.717, 1.165) is 4.57 Å². The first-order valence-electron chi connectivity index (χ1n) is 7.43. The molecule has 3 rings (SSSR count). The summed E-state index contributed by atoms with van der Waals surface area (Å²) in [5.41, 5.74) is -1.17. The minimum absolute atomic E-state index is 0.0103. The Morgan fingerprint density at radius 2 is 2.12 bits per heavy atom. The maximum atomic E-state index is 14.3. The molecule has 3 atom stereocenters. The van der Waals surface area contributed by atoms with Crippen molar-refractivity contribution in [3.05, 3.63) is 67.5 Å². The van der Waals surface area contributed by atoms with Crippen LogP contribution in [0, 0.1) is 10.1 Å². The van der Waals surface area contributed by atoms with Crippen LogP contribution in [0.1, 0.15) is 12.6 Å². The Balaban J connectivity index is 1.70. The fraction of sp³-hybridized carbons (Fsp3) is 0.333. The van der Waals surface area contributed by atoms with Gasteiger partial charge in [-0.15, -0.1) is 0 Å². The summed E-state index contributed by atoms with van der Waals surface area (Å²) in [6, 6.07) is 7.53. The van der Waals surface area contributed by atoms with Crippen LogP contribution >= 0.6 is 0 Å². The van der Waals surface area contributed by atoms with Gasteiger partial charge >= 0.3 is 146 Å². The van der Waals surface area contributed by atoms with Gasteiger partial charge in [-0.2, -0.15) is 0 Å². The quantitative estimate of drug-likeness (QED) is 0.436. The summed E-state index contributed by atoms with van der Waals surface area (Å²) < 4.78 is 21.6. The van der Waals surface area contributed by atoms with Gasteiger partial charge in [-0.1, -0.05) is 0 Å². The SMILES string of the molecule is O=c1ccn([C@H]2C[C@H](F)[C@@H](C[Se]c3ccccc3[N+](=O)[O-])O2)c(=O)[nH]1.